The van der Waals surface area contributed by atoms with Gasteiger partial charge in [0.15, 0.2) is 6.61 Å². The van der Waals surface area contributed by atoms with Crippen LogP contribution in [0.2, 0.25) is 0 Å². The summed E-state index contributed by atoms with van der Waals surface area (Å²) in [5.74, 6) is -1.12. The van der Waals surface area contributed by atoms with Crippen molar-refractivity contribution in [1.29, 1.82) is 0 Å². The molecule has 124 valence electrons. The van der Waals surface area contributed by atoms with E-state index in [1.807, 2.05) is 38.1 Å². The molecule has 1 atom stereocenters. The fourth-order valence-electron chi connectivity index (χ4n) is 3.03. The van der Waals surface area contributed by atoms with E-state index < -0.39 is 5.97 Å². The van der Waals surface area contributed by atoms with E-state index in [0.717, 1.165) is 23.2 Å². The second-order valence-electron chi connectivity index (χ2n) is 6.04. The Labute approximate surface area is 140 Å². The number of hydrogen-bond acceptors (Lipinski definition) is 4. The Kier molecular flexibility index (Phi) is 4.25. The lowest BCUT2D eigenvalue weighted by molar-refractivity contribution is -0.122. The first-order chi connectivity index (χ1) is 11.5. The number of fused-ring (bicyclic) bond motifs is 1. The minimum Gasteiger partial charge on any atom is -0.507 e. The third kappa shape index (κ3) is 2.97. The minimum atomic E-state index is -0.707. The zero-order valence-electron chi connectivity index (χ0n) is 13.7. The van der Waals surface area contributed by atoms with Crippen LogP contribution in [0.5, 0.6) is 5.75 Å². The number of carbonyl (C=O) groups excluding carboxylic acids is 2. The predicted molar refractivity (Wildman–Crippen MR) is 90.2 cm³/mol. The van der Waals surface area contributed by atoms with Crippen molar-refractivity contribution >= 4 is 17.6 Å². The van der Waals surface area contributed by atoms with E-state index in [1.165, 1.54) is 12.1 Å². The standard InChI is InChI=1S/C19H19NO4/c1-12-7-8-15(17(21)9-12)19(23)24-11-18(22)20-13(2)10-14-5-3-4-6-16(14)20/h3-9,13,21H,10-11H2,1-2H3/t13-/m0/s1. The fraction of sp³-hybridized carbons (Fsp3) is 0.263. The number of rotatable bonds is 3. The van der Waals surface area contributed by atoms with E-state index in [2.05, 4.69) is 0 Å². The van der Waals surface area contributed by atoms with Crippen LogP contribution in [0, 0.1) is 6.92 Å². The molecule has 3 rings (SSSR count). The van der Waals surface area contributed by atoms with Crippen LogP contribution in [0.25, 0.3) is 0 Å². The second kappa shape index (κ2) is 6.35. The molecule has 0 spiro atoms. The number of aryl methyl sites for hydroxylation is 1. The number of phenols is 1. The van der Waals surface area contributed by atoms with Crippen molar-refractivity contribution in [1.82, 2.24) is 0 Å². The molecule has 2 aromatic rings. The van der Waals surface area contributed by atoms with Crippen molar-refractivity contribution in [2.45, 2.75) is 26.3 Å². The van der Waals surface area contributed by atoms with Crippen LogP contribution in [0.3, 0.4) is 0 Å². The molecule has 1 aliphatic rings. The number of nitrogens with zero attached hydrogens (tertiary/aromatic N) is 1. The number of esters is 1. The Hall–Kier alpha value is -2.82. The lowest BCUT2D eigenvalue weighted by atomic mass is 10.1. The first kappa shape index (κ1) is 16.1. The molecule has 0 saturated heterocycles. The van der Waals surface area contributed by atoms with Crippen molar-refractivity contribution in [2.75, 3.05) is 11.5 Å². The number of anilines is 1. The molecule has 1 heterocycles. The molecule has 0 bridgehead atoms. The average molecular weight is 325 g/mol. The molecule has 0 aliphatic carbocycles. The molecule has 0 saturated carbocycles. The molecule has 1 amide bonds. The van der Waals surface area contributed by atoms with E-state index in [1.54, 1.807) is 11.0 Å². The number of amides is 1. The van der Waals surface area contributed by atoms with Crippen LogP contribution in [0.4, 0.5) is 5.69 Å². The maximum absolute atomic E-state index is 12.5. The van der Waals surface area contributed by atoms with Crippen LogP contribution >= 0.6 is 0 Å². The Morgan fingerprint density at radius 3 is 2.75 bits per heavy atom. The highest BCUT2D eigenvalue weighted by molar-refractivity contribution is 5.99. The predicted octanol–water partition coefficient (Wildman–Crippen LogP) is 2.84. The molecule has 2 aromatic carbocycles. The molecule has 5 nitrogen and oxygen atoms in total. The summed E-state index contributed by atoms with van der Waals surface area (Å²) in [7, 11) is 0. The van der Waals surface area contributed by atoms with Gasteiger partial charge in [0.1, 0.15) is 11.3 Å². The fourth-order valence-corrected chi connectivity index (χ4v) is 3.03. The van der Waals surface area contributed by atoms with E-state index in [4.69, 9.17) is 4.74 Å². The van der Waals surface area contributed by atoms with Gasteiger partial charge in [-0.2, -0.15) is 0 Å². The first-order valence-electron chi connectivity index (χ1n) is 7.84. The van der Waals surface area contributed by atoms with Gasteiger partial charge in [-0.3, -0.25) is 4.79 Å². The zero-order chi connectivity index (χ0) is 17.3. The third-order valence-corrected chi connectivity index (χ3v) is 4.18. The zero-order valence-corrected chi connectivity index (χ0v) is 13.7. The van der Waals surface area contributed by atoms with Gasteiger partial charge < -0.3 is 14.7 Å². The molecule has 0 unspecified atom stereocenters. The molecule has 1 N–H and O–H groups in total. The maximum atomic E-state index is 12.5. The van der Waals surface area contributed by atoms with Gasteiger partial charge in [-0.15, -0.1) is 0 Å². The van der Waals surface area contributed by atoms with Crippen molar-refractivity contribution in [2.24, 2.45) is 0 Å². The van der Waals surface area contributed by atoms with E-state index in [9.17, 15) is 14.7 Å². The van der Waals surface area contributed by atoms with E-state index >= 15 is 0 Å². The summed E-state index contributed by atoms with van der Waals surface area (Å²) in [4.78, 5) is 26.2. The average Bonchev–Trinajstić information content (AvgIpc) is 2.88. The highest BCUT2D eigenvalue weighted by Gasteiger charge is 2.31. The smallest absolute Gasteiger partial charge is 0.342 e. The monoisotopic (exact) mass is 325 g/mol. The Morgan fingerprint density at radius 2 is 2.00 bits per heavy atom. The van der Waals surface area contributed by atoms with Gasteiger partial charge in [0.05, 0.1) is 0 Å². The molecule has 5 heteroatoms. The van der Waals surface area contributed by atoms with Crippen molar-refractivity contribution in [3.8, 4) is 5.75 Å². The Bertz CT molecular complexity index is 800. The Balaban J connectivity index is 1.69. The topological polar surface area (TPSA) is 66.8 Å². The van der Waals surface area contributed by atoms with Crippen molar-refractivity contribution < 1.29 is 19.4 Å². The quantitative estimate of drug-likeness (QED) is 0.881. The van der Waals surface area contributed by atoms with Crippen molar-refractivity contribution in [3.05, 3.63) is 59.2 Å². The first-order valence-corrected chi connectivity index (χ1v) is 7.84. The summed E-state index contributed by atoms with van der Waals surface area (Å²) < 4.78 is 5.10. The number of aromatic hydroxyl groups is 1. The van der Waals surface area contributed by atoms with Gasteiger partial charge in [-0.25, -0.2) is 4.79 Å². The number of ether oxygens (including phenoxy) is 1. The number of carbonyl (C=O) groups is 2. The molecular formula is C19H19NO4. The van der Waals surface area contributed by atoms with Crippen LogP contribution < -0.4 is 4.90 Å². The number of hydrogen-bond donors (Lipinski definition) is 1. The van der Waals surface area contributed by atoms with Gasteiger partial charge in [-0.1, -0.05) is 24.3 Å². The van der Waals surface area contributed by atoms with Crippen LogP contribution in [-0.2, 0) is 16.0 Å². The summed E-state index contributed by atoms with van der Waals surface area (Å²) in [5.41, 5.74) is 2.87. The summed E-state index contributed by atoms with van der Waals surface area (Å²) >= 11 is 0. The van der Waals surface area contributed by atoms with Gasteiger partial charge >= 0.3 is 5.97 Å². The largest absolute Gasteiger partial charge is 0.507 e. The van der Waals surface area contributed by atoms with Crippen LogP contribution in [0.15, 0.2) is 42.5 Å². The Morgan fingerprint density at radius 1 is 1.25 bits per heavy atom. The molecule has 1 aliphatic heterocycles. The summed E-state index contributed by atoms with van der Waals surface area (Å²) in [6.07, 6.45) is 0.786. The van der Waals surface area contributed by atoms with E-state index in [-0.39, 0.29) is 29.9 Å². The van der Waals surface area contributed by atoms with E-state index in [0.29, 0.717) is 0 Å². The minimum absolute atomic E-state index is 0.0291. The summed E-state index contributed by atoms with van der Waals surface area (Å²) in [6.45, 7) is 3.42. The molecule has 0 aromatic heterocycles. The van der Waals surface area contributed by atoms with Gasteiger partial charge in [0, 0.05) is 11.7 Å². The maximum Gasteiger partial charge on any atom is 0.342 e. The molecular weight excluding hydrogens is 306 g/mol. The van der Waals surface area contributed by atoms with Crippen molar-refractivity contribution in [3.63, 3.8) is 0 Å². The SMILES string of the molecule is Cc1ccc(C(=O)OCC(=O)N2c3ccccc3C[C@@H]2C)c(O)c1. The number of phenolic OH excluding ortho intramolecular Hbond substituents is 1. The van der Waals surface area contributed by atoms with Gasteiger partial charge in [0.2, 0.25) is 0 Å². The highest BCUT2D eigenvalue weighted by atomic mass is 16.5. The van der Waals surface area contributed by atoms with Gasteiger partial charge in [-0.05, 0) is 49.6 Å². The number of benzene rings is 2. The van der Waals surface area contributed by atoms with Gasteiger partial charge in [0.25, 0.3) is 5.91 Å². The second-order valence-corrected chi connectivity index (χ2v) is 6.04. The summed E-state index contributed by atoms with van der Waals surface area (Å²) in [6, 6.07) is 12.4. The molecule has 0 radical (unpaired) electrons. The normalized spacial score (nSPS) is 15.9. The summed E-state index contributed by atoms with van der Waals surface area (Å²) in [5, 5.41) is 9.81. The third-order valence-electron chi connectivity index (χ3n) is 4.18. The van der Waals surface area contributed by atoms with Crippen LogP contribution in [-0.4, -0.2) is 29.6 Å². The van der Waals surface area contributed by atoms with Crippen LogP contribution in [0.1, 0.15) is 28.4 Å². The molecule has 0 fully saturated rings. The highest BCUT2D eigenvalue weighted by Crippen LogP contribution is 2.31. The molecule has 24 heavy (non-hydrogen) atoms. The number of para-hydroxylation sites is 1. The lowest BCUT2D eigenvalue weighted by Crippen LogP contribution is -2.38. The lowest BCUT2D eigenvalue weighted by Gasteiger charge is -2.22.